The summed E-state index contributed by atoms with van der Waals surface area (Å²) in [5.41, 5.74) is 17.3. The Balaban J connectivity index is 1.51. The van der Waals surface area contributed by atoms with Crippen molar-refractivity contribution >= 4 is 12.2 Å². The van der Waals surface area contributed by atoms with Crippen LogP contribution in [-0.2, 0) is 0 Å². The van der Waals surface area contributed by atoms with Gasteiger partial charge in [-0.25, -0.2) is 9.97 Å². The second kappa shape index (κ2) is 14.7. The Hall–Kier alpha value is -6.19. The van der Waals surface area contributed by atoms with Gasteiger partial charge in [0.25, 0.3) is 0 Å². The van der Waals surface area contributed by atoms with Crippen LogP contribution in [0.3, 0.4) is 0 Å². The highest BCUT2D eigenvalue weighted by atomic mass is 14.9. The van der Waals surface area contributed by atoms with Crippen LogP contribution in [0.1, 0.15) is 41.8 Å². The normalized spacial score (nSPS) is 11.5. The van der Waals surface area contributed by atoms with Gasteiger partial charge in [-0.2, -0.15) is 0 Å². The number of aromatic nitrogens is 3. The van der Waals surface area contributed by atoms with Gasteiger partial charge in [-0.15, -0.1) is 0 Å². The number of pyridine rings is 1. The van der Waals surface area contributed by atoms with Gasteiger partial charge in [0.1, 0.15) is 0 Å². The minimum atomic E-state index is 0.680. The molecule has 0 aliphatic heterocycles. The second-order valence-corrected chi connectivity index (χ2v) is 12.9. The van der Waals surface area contributed by atoms with E-state index in [-0.39, 0.29) is 0 Å². The van der Waals surface area contributed by atoms with E-state index in [0.29, 0.717) is 5.82 Å². The summed E-state index contributed by atoms with van der Waals surface area (Å²) in [5.74, 6) is 0.680. The van der Waals surface area contributed by atoms with Gasteiger partial charge in [-0.1, -0.05) is 109 Å². The predicted molar refractivity (Wildman–Crippen MR) is 216 cm³/mol. The van der Waals surface area contributed by atoms with Crippen molar-refractivity contribution in [3.63, 3.8) is 0 Å². The zero-order chi connectivity index (χ0) is 35.3. The van der Waals surface area contributed by atoms with Gasteiger partial charge in [0, 0.05) is 27.9 Å². The van der Waals surface area contributed by atoms with E-state index in [9.17, 15) is 0 Å². The van der Waals surface area contributed by atoms with Crippen molar-refractivity contribution in [3.8, 4) is 67.4 Å². The molecule has 0 spiro atoms. The average Bonchev–Trinajstić information content (AvgIpc) is 3.18. The lowest BCUT2D eigenvalue weighted by Crippen LogP contribution is -1.98. The maximum Gasteiger partial charge on any atom is 0.160 e. The fourth-order valence-corrected chi connectivity index (χ4v) is 6.67. The van der Waals surface area contributed by atoms with Crippen molar-refractivity contribution in [3.05, 3.63) is 174 Å². The number of hydrogen-bond acceptors (Lipinski definition) is 3. The molecule has 0 aliphatic carbocycles. The molecule has 248 valence electrons. The van der Waals surface area contributed by atoms with Crippen molar-refractivity contribution in [2.24, 2.45) is 0 Å². The van der Waals surface area contributed by atoms with Gasteiger partial charge < -0.3 is 0 Å². The van der Waals surface area contributed by atoms with E-state index in [1.54, 1.807) is 0 Å². The fourth-order valence-electron chi connectivity index (χ4n) is 6.67. The number of allylic oxidation sites excluding steroid dienone is 2. The zero-order valence-corrected chi connectivity index (χ0v) is 29.9. The first-order valence-electron chi connectivity index (χ1n) is 17.5. The van der Waals surface area contributed by atoms with E-state index in [1.807, 2.05) is 25.1 Å². The van der Waals surface area contributed by atoms with Crippen LogP contribution in [0.4, 0.5) is 0 Å². The number of rotatable bonds is 8. The summed E-state index contributed by atoms with van der Waals surface area (Å²) in [5, 5.41) is 0. The van der Waals surface area contributed by atoms with Crippen molar-refractivity contribution in [2.75, 3.05) is 0 Å². The molecule has 0 saturated carbocycles. The highest BCUT2D eigenvalue weighted by Crippen LogP contribution is 2.38. The van der Waals surface area contributed by atoms with Gasteiger partial charge in [-0.05, 0) is 128 Å². The van der Waals surface area contributed by atoms with E-state index in [1.165, 1.54) is 27.8 Å². The molecule has 0 atom stereocenters. The summed E-state index contributed by atoms with van der Waals surface area (Å²) in [7, 11) is 0. The van der Waals surface area contributed by atoms with Crippen molar-refractivity contribution in [2.45, 2.75) is 34.6 Å². The van der Waals surface area contributed by atoms with Crippen LogP contribution in [0.15, 0.2) is 146 Å². The van der Waals surface area contributed by atoms with E-state index in [2.05, 4.69) is 167 Å². The molecule has 0 bridgehead atoms. The SMILES string of the molecule is C/C=C\c1cc(-c2cc(-c3cccc(-c4cccc(C)n4)c3)cc(-c3nc(-c4ccccc4)cc(-c4ccccc4)n3)c2)c(/C=C\C)c(C)c1C. The van der Waals surface area contributed by atoms with E-state index in [0.717, 1.165) is 61.7 Å². The van der Waals surface area contributed by atoms with Crippen LogP contribution in [0, 0.1) is 20.8 Å². The Morgan fingerprint density at radius 3 is 1.63 bits per heavy atom. The summed E-state index contributed by atoms with van der Waals surface area (Å²) < 4.78 is 0. The Morgan fingerprint density at radius 2 is 0.980 bits per heavy atom. The summed E-state index contributed by atoms with van der Waals surface area (Å²) >= 11 is 0. The molecular weight excluding hydrogens is 619 g/mol. The third kappa shape index (κ3) is 7.11. The molecule has 2 heterocycles. The molecular formula is C48H41N3. The van der Waals surface area contributed by atoms with Crippen LogP contribution in [0.2, 0.25) is 0 Å². The number of aryl methyl sites for hydroxylation is 1. The standard InChI is InChI=1S/C48H41N3/c1-6-16-37-30-44(43(17-7-2)34(5)33(37)4)41-27-40(38-23-15-24-39(26-38)45-25-14-18-32(3)49-45)28-42(29-41)48-50-46(35-19-10-8-11-20-35)31-47(51-48)36-21-12-9-13-22-36/h6-31H,1-5H3/b16-6-,17-7-. The van der Waals surface area contributed by atoms with Crippen LogP contribution in [0.5, 0.6) is 0 Å². The minimum absolute atomic E-state index is 0.680. The molecule has 3 heteroatoms. The summed E-state index contributed by atoms with van der Waals surface area (Å²) in [6, 6.07) is 46.8. The topological polar surface area (TPSA) is 38.7 Å². The molecule has 0 unspecified atom stereocenters. The Kier molecular flexibility index (Phi) is 9.63. The Labute approximate surface area is 301 Å². The van der Waals surface area contributed by atoms with Gasteiger partial charge in [0.15, 0.2) is 5.82 Å². The molecule has 5 aromatic carbocycles. The number of nitrogens with zero attached hydrogens (tertiary/aromatic N) is 3. The van der Waals surface area contributed by atoms with E-state index >= 15 is 0 Å². The minimum Gasteiger partial charge on any atom is -0.253 e. The summed E-state index contributed by atoms with van der Waals surface area (Å²) in [4.78, 5) is 15.3. The zero-order valence-electron chi connectivity index (χ0n) is 29.9. The molecule has 0 fully saturated rings. The summed E-state index contributed by atoms with van der Waals surface area (Å²) in [6.07, 6.45) is 8.67. The lowest BCUT2D eigenvalue weighted by atomic mass is 9.87. The fraction of sp³-hybridized carbons (Fsp3) is 0.104. The second-order valence-electron chi connectivity index (χ2n) is 12.9. The van der Waals surface area contributed by atoms with Crippen LogP contribution in [0.25, 0.3) is 79.6 Å². The molecule has 7 rings (SSSR count). The van der Waals surface area contributed by atoms with Gasteiger partial charge in [0.05, 0.1) is 17.1 Å². The van der Waals surface area contributed by atoms with E-state index in [4.69, 9.17) is 15.0 Å². The first kappa shape index (κ1) is 33.3. The first-order valence-corrected chi connectivity index (χ1v) is 17.5. The van der Waals surface area contributed by atoms with Crippen molar-refractivity contribution in [1.82, 2.24) is 15.0 Å². The lowest BCUT2D eigenvalue weighted by Gasteiger charge is -2.18. The van der Waals surface area contributed by atoms with Crippen LogP contribution >= 0.6 is 0 Å². The number of benzene rings is 5. The van der Waals surface area contributed by atoms with Gasteiger partial charge in [-0.3, -0.25) is 4.98 Å². The molecule has 0 amide bonds. The maximum atomic E-state index is 5.23. The third-order valence-corrected chi connectivity index (χ3v) is 9.42. The first-order chi connectivity index (χ1) is 24.9. The Bertz CT molecular complexity index is 2350. The van der Waals surface area contributed by atoms with E-state index < -0.39 is 0 Å². The molecule has 3 nitrogen and oxygen atoms in total. The monoisotopic (exact) mass is 659 g/mol. The smallest absolute Gasteiger partial charge is 0.160 e. The predicted octanol–water partition coefficient (Wildman–Crippen LogP) is 12.9. The average molecular weight is 660 g/mol. The maximum absolute atomic E-state index is 5.23. The lowest BCUT2D eigenvalue weighted by molar-refractivity contribution is 1.18. The summed E-state index contributed by atoms with van der Waals surface area (Å²) in [6.45, 7) is 10.6. The quantitative estimate of drug-likeness (QED) is 0.163. The number of hydrogen-bond donors (Lipinski definition) is 0. The van der Waals surface area contributed by atoms with Crippen LogP contribution in [-0.4, -0.2) is 15.0 Å². The molecule has 2 aromatic heterocycles. The molecule has 51 heavy (non-hydrogen) atoms. The van der Waals surface area contributed by atoms with Crippen molar-refractivity contribution in [1.29, 1.82) is 0 Å². The molecule has 0 N–H and O–H groups in total. The van der Waals surface area contributed by atoms with Crippen molar-refractivity contribution < 1.29 is 0 Å². The Morgan fingerprint density at radius 1 is 0.412 bits per heavy atom. The van der Waals surface area contributed by atoms with Gasteiger partial charge >= 0.3 is 0 Å². The molecule has 0 aliphatic rings. The molecule has 7 aromatic rings. The van der Waals surface area contributed by atoms with Crippen LogP contribution < -0.4 is 0 Å². The highest BCUT2D eigenvalue weighted by molar-refractivity contribution is 5.87. The van der Waals surface area contributed by atoms with Gasteiger partial charge in [0.2, 0.25) is 0 Å². The molecule has 0 radical (unpaired) electrons. The third-order valence-electron chi connectivity index (χ3n) is 9.42. The highest BCUT2D eigenvalue weighted by Gasteiger charge is 2.17. The molecule has 0 saturated heterocycles. The largest absolute Gasteiger partial charge is 0.253 e.